The van der Waals surface area contributed by atoms with Gasteiger partial charge in [0.25, 0.3) is 5.56 Å². The smallest absolute Gasteiger partial charge is 0.328 e. The topological polar surface area (TPSA) is 80.2 Å². The quantitative estimate of drug-likeness (QED) is 0.675. The van der Waals surface area contributed by atoms with Crippen LogP contribution in [0.15, 0.2) is 58.4 Å². The number of ether oxygens (including phenoxy) is 1. The molecule has 0 aliphatic carbocycles. The fraction of sp³-hybridized carbons (Fsp3) is 0.318. The van der Waals surface area contributed by atoms with Crippen molar-refractivity contribution < 1.29 is 4.74 Å². The van der Waals surface area contributed by atoms with Gasteiger partial charge in [-0.1, -0.05) is 17.7 Å². The summed E-state index contributed by atoms with van der Waals surface area (Å²) in [6.07, 6.45) is 5.08. The SMILES string of the molecule is Cc1cn(C2CCN(Cc3cc(Oc4cccc(Cl)c4)ccn3)CC2)c(=O)[nH]c1=O. The molecule has 1 aliphatic rings. The summed E-state index contributed by atoms with van der Waals surface area (Å²) in [5.74, 6) is 1.40. The Kier molecular flexibility index (Phi) is 6.01. The largest absolute Gasteiger partial charge is 0.457 e. The lowest BCUT2D eigenvalue weighted by molar-refractivity contribution is 0.175. The Morgan fingerprint density at radius 2 is 1.93 bits per heavy atom. The predicted molar refractivity (Wildman–Crippen MR) is 115 cm³/mol. The highest BCUT2D eigenvalue weighted by atomic mass is 35.5. The first-order chi connectivity index (χ1) is 14.5. The third kappa shape index (κ3) is 4.80. The first-order valence-electron chi connectivity index (χ1n) is 9.91. The summed E-state index contributed by atoms with van der Waals surface area (Å²) in [5.41, 5.74) is 0.819. The Morgan fingerprint density at radius 1 is 1.17 bits per heavy atom. The second-order valence-electron chi connectivity index (χ2n) is 7.53. The standard InChI is InChI=1S/C22H23ClN4O3/c1-15-13-27(22(29)25-21(15)28)18-6-9-26(10-7-18)14-17-12-20(5-8-24-17)30-19-4-2-3-16(23)11-19/h2-5,8,11-13,18H,6-7,9-10,14H2,1H3,(H,25,28,29). The number of aromatic nitrogens is 3. The van der Waals surface area contributed by atoms with Gasteiger partial charge in [-0.3, -0.25) is 24.2 Å². The maximum absolute atomic E-state index is 12.1. The van der Waals surface area contributed by atoms with Gasteiger partial charge in [-0.15, -0.1) is 0 Å². The second-order valence-corrected chi connectivity index (χ2v) is 7.96. The van der Waals surface area contributed by atoms with Gasteiger partial charge in [-0.25, -0.2) is 4.79 Å². The normalized spacial score (nSPS) is 15.3. The zero-order valence-electron chi connectivity index (χ0n) is 16.7. The molecular weight excluding hydrogens is 404 g/mol. The van der Waals surface area contributed by atoms with Crippen molar-refractivity contribution in [2.75, 3.05) is 13.1 Å². The average molecular weight is 427 g/mol. The lowest BCUT2D eigenvalue weighted by atomic mass is 10.0. The van der Waals surface area contributed by atoms with E-state index in [1.54, 1.807) is 36.0 Å². The van der Waals surface area contributed by atoms with E-state index in [0.717, 1.165) is 31.6 Å². The summed E-state index contributed by atoms with van der Waals surface area (Å²) >= 11 is 6.02. The van der Waals surface area contributed by atoms with E-state index in [4.69, 9.17) is 16.3 Å². The fourth-order valence-electron chi connectivity index (χ4n) is 3.71. The molecule has 1 fully saturated rings. The van der Waals surface area contributed by atoms with Crippen LogP contribution in [0.2, 0.25) is 5.02 Å². The van der Waals surface area contributed by atoms with Crippen molar-refractivity contribution in [3.05, 3.63) is 85.9 Å². The van der Waals surface area contributed by atoms with Crippen LogP contribution >= 0.6 is 11.6 Å². The highest BCUT2D eigenvalue weighted by molar-refractivity contribution is 6.30. The first-order valence-corrected chi connectivity index (χ1v) is 10.3. The van der Waals surface area contributed by atoms with Crippen molar-refractivity contribution in [1.82, 2.24) is 19.4 Å². The molecule has 3 heterocycles. The second kappa shape index (κ2) is 8.85. The van der Waals surface area contributed by atoms with Crippen molar-refractivity contribution in [2.45, 2.75) is 32.4 Å². The molecule has 0 spiro atoms. The fourth-order valence-corrected chi connectivity index (χ4v) is 3.89. The average Bonchev–Trinajstić information content (AvgIpc) is 2.72. The molecule has 0 unspecified atom stereocenters. The minimum Gasteiger partial charge on any atom is -0.457 e. The number of aryl methyl sites for hydroxylation is 1. The van der Waals surface area contributed by atoms with Crippen LogP contribution in [0, 0.1) is 6.92 Å². The number of hydrogen-bond donors (Lipinski definition) is 1. The lowest BCUT2D eigenvalue weighted by Gasteiger charge is -2.32. The number of nitrogens with zero attached hydrogens (tertiary/aromatic N) is 3. The highest BCUT2D eigenvalue weighted by Crippen LogP contribution is 2.26. The highest BCUT2D eigenvalue weighted by Gasteiger charge is 2.22. The molecule has 1 aliphatic heterocycles. The van der Waals surface area contributed by atoms with Gasteiger partial charge in [-0.2, -0.15) is 0 Å². The van der Waals surface area contributed by atoms with Gasteiger partial charge in [0.05, 0.1) is 5.69 Å². The Bertz CT molecular complexity index is 1150. The number of halogens is 1. The number of H-pyrrole nitrogens is 1. The molecular formula is C22H23ClN4O3. The van der Waals surface area contributed by atoms with Crippen LogP contribution in [0.5, 0.6) is 11.5 Å². The summed E-state index contributed by atoms with van der Waals surface area (Å²) in [6.45, 7) is 4.11. The van der Waals surface area contributed by atoms with Crippen LogP contribution in [0.4, 0.5) is 0 Å². The number of hydrogen-bond acceptors (Lipinski definition) is 5. The Hall–Kier alpha value is -2.90. The van der Waals surface area contributed by atoms with Crippen LogP contribution in [0.1, 0.15) is 30.1 Å². The molecule has 4 rings (SSSR count). The maximum atomic E-state index is 12.1. The molecule has 0 atom stereocenters. The molecule has 0 saturated carbocycles. The van der Waals surface area contributed by atoms with Gasteiger partial charge < -0.3 is 4.74 Å². The van der Waals surface area contributed by atoms with Gasteiger partial charge in [0.1, 0.15) is 11.5 Å². The molecule has 1 saturated heterocycles. The van der Waals surface area contributed by atoms with Crippen molar-refractivity contribution in [2.24, 2.45) is 0 Å². The summed E-state index contributed by atoms with van der Waals surface area (Å²) in [6, 6.07) is 11.1. The van der Waals surface area contributed by atoms with Crippen LogP contribution in [-0.4, -0.2) is 32.5 Å². The number of piperidine rings is 1. The van der Waals surface area contributed by atoms with E-state index in [9.17, 15) is 9.59 Å². The minimum absolute atomic E-state index is 0.0924. The summed E-state index contributed by atoms with van der Waals surface area (Å²) in [7, 11) is 0. The molecule has 0 radical (unpaired) electrons. The van der Waals surface area contributed by atoms with E-state index in [2.05, 4.69) is 14.9 Å². The first kappa shape index (κ1) is 20.4. The summed E-state index contributed by atoms with van der Waals surface area (Å²) in [5, 5.41) is 0.626. The molecule has 8 heteroatoms. The third-order valence-electron chi connectivity index (χ3n) is 5.30. The van der Waals surface area contributed by atoms with Crippen LogP contribution in [0.25, 0.3) is 0 Å². The molecule has 156 valence electrons. The number of pyridine rings is 1. The molecule has 3 aromatic rings. The number of aromatic amines is 1. The van der Waals surface area contributed by atoms with Crippen molar-refractivity contribution in [3.8, 4) is 11.5 Å². The molecule has 7 nitrogen and oxygen atoms in total. The monoisotopic (exact) mass is 426 g/mol. The van der Waals surface area contributed by atoms with Gasteiger partial charge in [-0.05, 0) is 44.0 Å². The lowest BCUT2D eigenvalue weighted by Crippen LogP contribution is -2.39. The van der Waals surface area contributed by atoms with Gasteiger partial charge in [0, 0.05) is 54.7 Å². The number of nitrogens with one attached hydrogen (secondary N) is 1. The molecule has 1 aromatic carbocycles. The van der Waals surface area contributed by atoms with E-state index in [1.165, 1.54) is 0 Å². The summed E-state index contributed by atoms with van der Waals surface area (Å²) in [4.78, 5) is 32.9. The predicted octanol–water partition coefficient (Wildman–Crippen LogP) is 3.52. The molecule has 1 N–H and O–H groups in total. The summed E-state index contributed by atoms with van der Waals surface area (Å²) < 4.78 is 7.55. The van der Waals surface area contributed by atoms with E-state index < -0.39 is 0 Å². The Labute approximate surface area is 178 Å². The van der Waals surface area contributed by atoms with Crippen molar-refractivity contribution in [1.29, 1.82) is 0 Å². The minimum atomic E-state index is -0.336. The number of rotatable bonds is 5. The van der Waals surface area contributed by atoms with Gasteiger partial charge in [0.15, 0.2) is 0 Å². The zero-order chi connectivity index (χ0) is 21.1. The van der Waals surface area contributed by atoms with Gasteiger partial charge in [0.2, 0.25) is 0 Å². The molecule has 0 amide bonds. The van der Waals surface area contributed by atoms with E-state index >= 15 is 0 Å². The molecule has 0 bridgehead atoms. The van der Waals surface area contributed by atoms with E-state index in [0.29, 0.717) is 28.6 Å². The maximum Gasteiger partial charge on any atom is 0.328 e. The van der Waals surface area contributed by atoms with Crippen LogP contribution in [-0.2, 0) is 6.54 Å². The van der Waals surface area contributed by atoms with Crippen molar-refractivity contribution in [3.63, 3.8) is 0 Å². The number of benzene rings is 1. The zero-order valence-corrected chi connectivity index (χ0v) is 17.4. The number of likely N-dealkylation sites (tertiary alicyclic amines) is 1. The Morgan fingerprint density at radius 3 is 2.70 bits per heavy atom. The third-order valence-corrected chi connectivity index (χ3v) is 5.54. The van der Waals surface area contributed by atoms with E-state index in [-0.39, 0.29) is 17.3 Å². The molecule has 2 aromatic heterocycles. The Balaban J connectivity index is 1.38. The van der Waals surface area contributed by atoms with Crippen LogP contribution < -0.4 is 16.0 Å². The van der Waals surface area contributed by atoms with Gasteiger partial charge >= 0.3 is 5.69 Å². The molecule has 30 heavy (non-hydrogen) atoms. The van der Waals surface area contributed by atoms with Crippen LogP contribution in [0.3, 0.4) is 0 Å². The van der Waals surface area contributed by atoms with Crippen molar-refractivity contribution >= 4 is 11.6 Å². The van der Waals surface area contributed by atoms with E-state index in [1.807, 2.05) is 24.3 Å².